The monoisotopic (exact) mass is 458 g/mol. The second-order valence-electron chi connectivity index (χ2n) is 6.44. The molecule has 1 N–H and O–H groups in total. The van der Waals surface area contributed by atoms with Gasteiger partial charge in [0.2, 0.25) is 0 Å². The highest BCUT2D eigenvalue weighted by atomic mass is 79.9. The molecule has 1 aromatic carbocycles. The van der Waals surface area contributed by atoms with Crippen LogP contribution in [0.2, 0.25) is 0 Å². The maximum absolute atomic E-state index is 12.1. The smallest absolute Gasteiger partial charge is 0.344 e. The summed E-state index contributed by atoms with van der Waals surface area (Å²) in [5.74, 6) is -0.154. The lowest BCUT2D eigenvalue weighted by atomic mass is 10.0. The van der Waals surface area contributed by atoms with Gasteiger partial charge in [-0.3, -0.25) is 4.79 Å². The van der Waals surface area contributed by atoms with Gasteiger partial charge >= 0.3 is 5.97 Å². The number of carboxylic acid groups (broad SMARTS) is 1. The van der Waals surface area contributed by atoms with Gasteiger partial charge in [-0.1, -0.05) is 36.2 Å². The molecule has 1 aromatic rings. The molecule has 0 aliphatic rings. The maximum atomic E-state index is 12.1. The van der Waals surface area contributed by atoms with E-state index in [0.717, 1.165) is 23.7 Å². The number of carbonyl (C=O) groups is 2. The summed E-state index contributed by atoms with van der Waals surface area (Å²) in [5.41, 5.74) is 1.23. The number of carbonyl (C=O) groups excluding carboxylic acids is 1. The van der Waals surface area contributed by atoms with Crippen LogP contribution in [0.25, 0.3) is 0 Å². The third kappa shape index (κ3) is 7.80. The lowest BCUT2D eigenvalue weighted by Gasteiger charge is -2.21. The number of halogens is 1. The summed E-state index contributed by atoms with van der Waals surface area (Å²) in [7, 11) is 0. The van der Waals surface area contributed by atoms with Crippen molar-refractivity contribution in [2.45, 2.75) is 59.0 Å². The molecule has 158 valence electrons. The highest BCUT2D eigenvalue weighted by molar-refractivity contribution is 9.09. The summed E-state index contributed by atoms with van der Waals surface area (Å²) in [6.07, 6.45) is 2.50. The predicted molar refractivity (Wildman–Crippen MR) is 112 cm³/mol. The van der Waals surface area contributed by atoms with E-state index in [4.69, 9.17) is 14.2 Å². The average Bonchev–Trinajstić information content (AvgIpc) is 2.66. The standard InChI is InChI=1S/C21H31BrO6/c1-4-8-17-19(28-18(5-2)21(24)25)10-9-16(15(3)23)20(17)27-14-7-13-26-12-6-11-22/h9-10,18H,4-8,11-14H2,1-3H3,(H,24,25). The Balaban J connectivity index is 3.00. The topological polar surface area (TPSA) is 82.1 Å². The summed E-state index contributed by atoms with van der Waals surface area (Å²) in [6, 6.07) is 3.32. The summed E-state index contributed by atoms with van der Waals surface area (Å²) in [6.45, 7) is 6.95. The summed E-state index contributed by atoms with van der Waals surface area (Å²) in [5, 5.41) is 10.2. The van der Waals surface area contributed by atoms with Crippen LogP contribution in [0.4, 0.5) is 0 Å². The Bertz CT molecular complexity index is 632. The quantitative estimate of drug-likeness (QED) is 0.234. The van der Waals surface area contributed by atoms with Crippen LogP contribution in [0.3, 0.4) is 0 Å². The van der Waals surface area contributed by atoms with Crippen molar-refractivity contribution in [1.29, 1.82) is 0 Å². The van der Waals surface area contributed by atoms with E-state index < -0.39 is 12.1 Å². The number of benzene rings is 1. The molecule has 0 aliphatic carbocycles. The van der Waals surface area contributed by atoms with Gasteiger partial charge in [0.1, 0.15) is 11.5 Å². The van der Waals surface area contributed by atoms with Crippen molar-refractivity contribution in [3.8, 4) is 11.5 Å². The van der Waals surface area contributed by atoms with E-state index in [9.17, 15) is 14.7 Å². The lowest BCUT2D eigenvalue weighted by molar-refractivity contribution is -0.145. The van der Waals surface area contributed by atoms with E-state index in [1.165, 1.54) is 6.92 Å². The zero-order valence-electron chi connectivity index (χ0n) is 17.0. The van der Waals surface area contributed by atoms with Crippen LogP contribution in [-0.4, -0.2) is 48.1 Å². The summed E-state index contributed by atoms with van der Waals surface area (Å²) >= 11 is 3.36. The van der Waals surface area contributed by atoms with Crippen LogP contribution < -0.4 is 9.47 Å². The van der Waals surface area contributed by atoms with Gasteiger partial charge in [-0.2, -0.15) is 0 Å². The van der Waals surface area contributed by atoms with E-state index in [1.54, 1.807) is 19.1 Å². The van der Waals surface area contributed by atoms with Crippen molar-refractivity contribution in [2.75, 3.05) is 25.2 Å². The number of Topliss-reactive ketones (excluding diaryl/α,β-unsaturated/α-hetero) is 1. The molecule has 1 rings (SSSR count). The molecular formula is C21H31BrO6. The number of carboxylic acids is 1. The Morgan fingerprint density at radius 3 is 2.43 bits per heavy atom. The number of hydrogen-bond donors (Lipinski definition) is 1. The number of aliphatic carboxylic acids is 1. The third-order valence-corrected chi connectivity index (χ3v) is 4.67. The Kier molecular flexibility index (Phi) is 11.8. The molecule has 0 bridgehead atoms. The van der Waals surface area contributed by atoms with Gasteiger partial charge in [0.05, 0.1) is 12.2 Å². The Hall–Kier alpha value is -1.60. The molecule has 0 aromatic heterocycles. The Morgan fingerprint density at radius 1 is 1.14 bits per heavy atom. The van der Waals surface area contributed by atoms with Crippen LogP contribution in [0.5, 0.6) is 11.5 Å². The predicted octanol–water partition coefficient (Wildman–Crippen LogP) is 4.65. The first-order valence-electron chi connectivity index (χ1n) is 9.78. The van der Waals surface area contributed by atoms with Crippen LogP contribution in [0.15, 0.2) is 12.1 Å². The zero-order chi connectivity index (χ0) is 20.9. The van der Waals surface area contributed by atoms with Crippen LogP contribution >= 0.6 is 15.9 Å². The summed E-state index contributed by atoms with van der Waals surface area (Å²) in [4.78, 5) is 23.4. The zero-order valence-corrected chi connectivity index (χ0v) is 18.5. The van der Waals surface area contributed by atoms with Crippen LogP contribution in [0, 0.1) is 0 Å². The minimum Gasteiger partial charge on any atom is -0.492 e. The van der Waals surface area contributed by atoms with E-state index >= 15 is 0 Å². The molecule has 0 amide bonds. The van der Waals surface area contributed by atoms with E-state index in [2.05, 4.69) is 15.9 Å². The third-order valence-electron chi connectivity index (χ3n) is 4.11. The van der Waals surface area contributed by atoms with Crippen molar-refractivity contribution in [3.63, 3.8) is 0 Å². The first-order valence-corrected chi connectivity index (χ1v) is 10.9. The van der Waals surface area contributed by atoms with Gasteiger partial charge in [0, 0.05) is 30.5 Å². The van der Waals surface area contributed by atoms with E-state index in [0.29, 0.717) is 56.1 Å². The molecule has 0 heterocycles. The second kappa shape index (κ2) is 13.6. The lowest BCUT2D eigenvalue weighted by Crippen LogP contribution is -2.26. The molecule has 0 saturated carbocycles. The SMILES string of the molecule is CCCc1c(OC(CC)C(=O)O)ccc(C(C)=O)c1OCCCOCCCBr. The molecule has 0 aliphatic heterocycles. The number of rotatable bonds is 15. The van der Waals surface area contributed by atoms with Crippen LogP contribution in [0.1, 0.15) is 62.4 Å². The second-order valence-corrected chi connectivity index (χ2v) is 7.23. The Morgan fingerprint density at radius 2 is 1.86 bits per heavy atom. The Labute approximate surface area is 175 Å². The minimum atomic E-state index is -1.01. The molecule has 1 unspecified atom stereocenters. The van der Waals surface area contributed by atoms with Gasteiger partial charge in [0.25, 0.3) is 0 Å². The number of hydrogen-bond acceptors (Lipinski definition) is 5. The fraction of sp³-hybridized carbons (Fsp3) is 0.619. The molecule has 7 heteroatoms. The number of ketones is 1. The number of alkyl halides is 1. The highest BCUT2D eigenvalue weighted by Gasteiger charge is 2.23. The molecular weight excluding hydrogens is 428 g/mol. The van der Waals surface area contributed by atoms with Crippen LogP contribution in [-0.2, 0) is 16.0 Å². The fourth-order valence-corrected chi connectivity index (χ4v) is 2.93. The molecule has 0 radical (unpaired) electrons. The van der Waals surface area contributed by atoms with E-state index in [1.807, 2.05) is 6.92 Å². The fourth-order valence-electron chi connectivity index (χ4n) is 2.70. The van der Waals surface area contributed by atoms with Gasteiger partial charge in [-0.15, -0.1) is 0 Å². The molecule has 0 spiro atoms. The van der Waals surface area contributed by atoms with Gasteiger partial charge in [-0.25, -0.2) is 4.79 Å². The van der Waals surface area contributed by atoms with Gasteiger partial charge in [0.15, 0.2) is 11.9 Å². The normalized spacial score (nSPS) is 11.9. The van der Waals surface area contributed by atoms with Gasteiger partial charge in [-0.05, 0) is 38.3 Å². The maximum Gasteiger partial charge on any atom is 0.344 e. The van der Waals surface area contributed by atoms with Gasteiger partial charge < -0.3 is 19.3 Å². The molecule has 28 heavy (non-hydrogen) atoms. The first kappa shape index (κ1) is 24.4. The first-order chi connectivity index (χ1) is 13.5. The molecule has 6 nitrogen and oxygen atoms in total. The minimum absolute atomic E-state index is 0.0993. The summed E-state index contributed by atoms with van der Waals surface area (Å²) < 4.78 is 17.2. The highest BCUT2D eigenvalue weighted by Crippen LogP contribution is 2.35. The van der Waals surface area contributed by atoms with Crippen molar-refractivity contribution in [2.24, 2.45) is 0 Å². The van der Waals surface area contributed by atoms with Crippen molar-refractivity contribution in [1.82, 2.24) is 0 Å². The molecule has 1 atom stereocenters. The van der Waals surface area contributed by atoms with Crippen molar-refractivity contribution < 1.29 is 28.9 Å². The molecule has 0 saturated heterocycles. The number of ether oxygens (including phenoxy) is 3. The average molecular weight is 459 g/mol. The van der Waals surface area contributed by atoms with E-state index in [-0.39, 0.29) is 5.78 Å². The van der Waals surface area contributed by atoms with Crippen molar-refractivity contribution in [3.05, 3.63) is 23.3 Å². The molecule has 0 fully saturated rings. The van der Waals surface area contributed by atoms with Crippen molar-refractivity contribution >= 4 is 27.7 Å². The largest absolute Gasteiger partial charge is 0.492 e.